The fraction of sp³-hybridized carbons (Fsp3) is 0.353. The summed E-state index contributed by atoms with van der Waals surface area (Å²) in [4.78, 5) is 50.2. The maximum Gasteiger partial charge on any atom is 0.323 e. The molecule has 0 saturated carbocycles. The van der Waals surface area contributed by atoms with E-state index in [0.717, 1.165) is 4.90 Å². The van der Waals surface area contributed by atoms with Gasteiger partial charge < -0.3 is 31.7 Å². The number of carbonyl (C=O) groups excluding carboxylic acids is 3. The fourth-order valence-corrected chi connectivity index (χ4v) is 2.85. The van der Waals surface area contributed by atoms with E-state index in [9.17, 15) is 19.2 Å². The van der Waals surface area contributed by atoms with Crippen molar-refractivity contribution in [2.24, 2.45) is 11.5 Å². The van der Waals surface area contributed by atoms with Crippen LogP contribution in [0.4, 0.5) is 0 Å². The molecule has 1 aliphatic heterocycles. The molecule has 7 N–H and O–H groups in total. The topological polar surface area (TPSA) is 183 Å². The first-order valence-corrected chi connectivity index (χ1v) is 8.47. The van der Waals surface area contributed by atoms with Crippen molar-refractivity contribution < 1.29 is 24.3 Å². The Hall–Kier alpha value is -2.89. The highest BCUT2D eigenvalue weighted by atomic mass is 35.5. The number of amides is 3. The van der Waals surface area contributed by atoms with Gasteiger partial charge in [0.15, 0.2) is 0 Å². The lowest BCUT2D eigenvalue weighted by molar-refractivity contribution is -0.154. The Morgan fingerprint density at radius 1 is 1.13 bits per heavy atom. The zero-order chi connectivity index (χ0) is 20.8. The minimum absolute atomic E-state index is 0. The number of hydrogen-bond acceptors (Lipinski definition) is 6. The Bertz CT molecular complexity index is 804. The second-order valence-electron chi connectivity index (χ2n) is 6.17. The summed E-state index contributed by atoms with van der Waals surface area (Å²) in [5.41, 5.74) is 11.7. The van der Waals surface area contributed by atoms with E-state index in [4.69, 9.17) is 22.0 Å². The van der Waals surface area contributed by atoms with Crippen LogP contribution in [0.2, 0.25) is 0 Å². The summed E-state index contributed by atoms with van der Waals surface area (Å²) in [7, 11) is 0. The zero-order valence-corrected chi connectivity index (χ0v) is 17.5. The number of carboxylic acids is 1. The molecule has 1 aromatic carbocycles. The number of piperazine rings is 1. The molecule has 2 rings (SSSR count). The van der Waals surface area contributed by atoms with Gasteiger partial charge in [0.25, 0.3) is 5.91 Å². The first-order valence-electron chi connectivity index (χ1n) is 8.47. The van der Waals surface area contributed by atoms with Gasteiger partial charge in [0.05, 0.1) is 6.54 Å². The highest BCUT2D eigenvalue weighted by Crippen LogP contribution is 2.11. The van der Waals surface area contributed by atoms with Gasteiger partial charge in [0.1, 0.15) is 18.4 Å². The molecule has 0 unspecified atom stereocenters. The number of carbonyl (C=O) groups is 4. The van der Waals surface area contributed by atoms with Crippen LogP contribution in [0, 0.1) is 5.41 Å². The monoisotopic (exact) mass is 462 g/mol. The van der Waals surface area contributed by atoms with Crippen LogP contribution >= 0.6 is 24.8 Å². The van der Waals surface area contributed by atoms with E-state index in [0.29, 0.717) is 5.56 Å². The minimum Gasteiger partial charge on any atom is -0.480 e. The van der Waals surface area contributed by atoms with Crippen LogP contribution in [-0.2, 0) is 14.4 Å². The van der Waals surface area contributed by atoms with Gasteiger partial charge in [0, 0.05) is 30.8 Å². The normalized spacial score (nSPS) is 15.5. The number of carboxylic acid groups (broad SMARTS) is 1. The van der Waals surface area contributed by atoms with E-state index in [1.165, 1.54) is 29.2 Å². The Morgan fingerprint density at radius 3 is 2.20 bits per heavy atom. The van der Waals surface area contributed by atoms with Gasteiger partial charge >= 0.3 is 5.97 Å². The van der Waals surface area contributed by atoms with E-state index in [1.807, 2.05) is 0 Å². The molecular weight excluding hydrogens is 439 g/mol. The summed E-state index contributed by atoms with van der Waals surface area (Å²) in [6.07, 6.45) is 0. The van der Waals surface area contributed by atoms with Crippen molar-refractivity contribution in [3.8, 4) is 0 Å². The van der Waals surface area contributed by atoms with Crippen molar-refractivity contribution in [1.29, 1.82) is 5.41 Å². The van der Waals surface area contributed by atoms with E-state index in [1.54, 1.807) is 0 Å². The smallest absolute Gasteiger partial charge is 0.323 e. The Balaban J connectivity index is 0.00000420. The number of hydrogen-bond donors (Lipinski definition) is 5. The molecule has 0 spiro atoms. The number of nitrogens with two attached hydrogens (primary N) is 2. The second kappa shape index (κ2) is 12.0. The van der Waals surface area contributed by atoms with Gasteiger partial charge in [-0.2, -0.15) is 0 Å². The van der Waals surface area contributed by atoms with Crippen molar-refractivity contribution in [1.82, 2.24) is 15.1 Å². The average molecular weight is 463 g/mol. The van der Waals surface area contributed by atoms with Crippen LogP contribution in [0.3, 0.4) is 0 Å². The van der Waals surface area contributed by atoms with Crippen LogP contribution in [0.25, 0.3) is 0 Å². The lowest BCUT2D eigenvalue weighted by Crippen LogP contribution is -2.62. The number of nitrogens with zero attached hydrogens (tertiary/aromatic N) is 2. The molecule has 1 fully saturated rings. The SMILES string of the molecule is Cl.Cl.N=C(N)c1ccc(C(=O)NCC(=O)N2CCN(CC(=O)O)C(=O)[C@@H]2CN)cc1. The fourth-order valence-electron chi connectivity index (χ4n) is 2.85. The molecule has 11 nitrogen and oxygen atoms in total. The summed E-state index contributed by atoms with van der Waals surface area (Å²) >= 11 is 0. The maximum absolute atomic E-state index is 12.4. The van der Waals surface area contributed by atoms with E-state index in [-0.39, 0.29) is 62.4 Å². The van der Waals surface area contributed by atoms with Crippen molar-refractivity contribution in [2.75, 3.05) is 32.7 Å². The molecule has 3 amide bonds. The van der Waals surface area contributed by atoms with Gasteiger partial charge in [-0.25, -0.2) is 0 Å². The molecule has 1 atom stereocenters. The number of aliphatic carboxylic acids is 1. The molecule has 166 valence electrons. The molecule has 13 heteroatoms. The average Bonchev–Trinajstić information content (AvgIpc) is 2.66. The van der Waals surface area contributed by atoms with Crippen LogP contribution in [0.15, 0.2) is 24.3 Å². The minimum atomic E-state index is -1.15. The summed E-state index contributed by atoms with van der Waals surface area (Å²) in [5.74, 6) is -2.79. The van der Waals surface area contributed by atoms with E-state index >= 15 is 0 Å². The molecule has 1 heterocycles. The summed E-state index contributed by atoms with van der Waals surface area (Å²) < 4.78 is 0. The Labute approximate surface area is 185 Å². The molecule has 0 aliphatic carbocycles. The number of nitrogen functional groups attached to an aromatic ring is 1. The van der Waals surface area contributed by atoms with Crippen LogP contribution in [0.5, 0.6) is 0 Å². The predicted molar refractivity (Wildman–Crippen MR) is 113 cm³/mol. The summed E-state index contributed by atoms with van der Waals surface area (Å²) in [5, 5.41) is 18.6. The van der Waals surface area contributed by atoms with Crippen LogP contribution in [0.1, 0.15) is 15.9 Å². The Morgan fingerprint density at radius 2 is 1.70 bits per heavy atom. The van der Waals surface area contributed by atoms with Gasteiger partial charge in [-0.3, -0.25) is 24.6 Å². The number of nitrogens with one attached hydrogen (secondary N) is 2. The lowest BCUT2D eigenvalue weighted by atomic mass is 10.1. The molecule has 1 aromatic rings. The Kier molecular flexibility index (Phi) is 10.8. The molecule has 30 heavy (non-hydrogen) atoms. The second-order valence-corrected chi connectivity index (χ2v) is 6.17. The number of amidine groups is 1. The maximum atomic E-state index is 12.4. The van der Waals surface area contributed by atoms with Crippen molar-refractivity contribution >= 4 is 54.3 Å². The summed E-state index contributed by atoms with van der Waals surface area (Å²) in [6, 6.07) is 5.03. The van der Waals surface area contributed by atoms with Crippen LogP contribution in [-0.4, -0.2) is 83.2 Å². The van der Waals surface area contributed by atoms with Crippen molar-refractivity contribution in [3.63, 3.8) is 0 Å². The van der Waals surface area contributed by atoms with Crippen molar-refractivity contribution in [2.45, 2.75) is 6.04 Å². The molecule has 1 aliphatic rings. The first kappa shape index (κ1) is 27.1. The molecule has 1 saturated heterocycles. The third-order valence-electron chi connectivity index (χ3n) is 4.31. The largest absolute Gasteiger partial charge is 0.480 e. The molecule has 0 aromatic heterocycles. The van der Waals surface area contributed by atoms with Gasteiger partial charge in [0.2, 0.25) is 11.8 Å². The molecular formula is C17H24Cl2N6O5. The third-order valence-corrected chi connectivity index (χ3v) is 4.31. The van der Waals surface area contributed by atoms with E-state index < -0.39 is 36.3 Å². The third kappa shape index (κ3) is 6.58. The highest BCUT2D eigenvalue weighted by Gasteiger charge is 2.37. The van der Waals surface area contributed by atoms with E-state index in [2.05, 4.69) is 5.32 Å². The number of halogens is 2. The first-order chi connectivity index (χ1) is 13.2. The summed E-state index contributed by atoms with van der Waals surface area (Å²) in [6.45, 7) is -0.738. The quantitative estimate of drug-likeness (QED) is 0.244. The van der Waals surface area contributed by atoms with Crippen LogP contribution < -0.4 is 16.8 Å². The lowest BCUT2D eigenvalue weighted by Gasteiger charge is -2.39. The predicted octanol–water partition coefficient (Wildman–Crippen LogP) is -1.37. The highest BCUT2D eigenvalue weighted by molar-refractivity contribution is 5.99. The van der Waals surface area contributed by atoms with Gasteiger partial charge in [-0.1, -0.05) is 12.1 Å². The molecule has 0 radical (unpaired) electrons. The zero-order valence-electron chi connectivity index (χ0n) is 15.9. The van der Waals surface area contributed by atoms with Crippen molar-refractivity contribution in [3.05, 3.63) is 35.4 Å². The molecule has 0 bridgehead atoms. The number of rotatable bonds is 7. The van der Waals surface area contributed by atoms with Gasteiger partial charge in [-0.15, -0.1) is 24.8 Å². The standard InChI is InChI=1S/C17H22N6O5.2ClH/c18-7-12-17(28)22(9-14(25)26)5-6-23(12)13(24)8-21-16(27)11-3-1-10(2-4-11)15(19)20;;/h1-4,12H,5-9,18H2,(H3,19,20)(H,21,27)(H,25,26);2*1H/t12-;;/m0../s1. The number of benzene rings is 1. The van der Waals surface area contributed by atoms with Gasteiger partial charge in [-0.05, 0) is 12.1 Å².